The molecule has 2 amide bonds. The van der Waals surface area contributed by atoms with Crippen LogP contribution in [0.3, 0.4) is 0 Å². The van der Waals surface area contributed by atoms with Crippen LogP contribution in [-0.4, -0.2) is 42.8 Å². The second kappa shape index (κ2) is 13.3. The molecule has 0 atom stereocenters. The van der Waals surface area contributed by atoms with Gasteiger partial charge in [0.2, 0.25) is 0 Å². The molecule has 7 heteroatoms. The highest BCUT2D eigenvalue weighted by atomic mass is 16.5. The largest absolute Gasteiger partial charge is 0.493 e. The summed E-state index contributed by atoms with van der Waals surface area (Å²) in [6.45, 7) is 8.87. The van der Waals surface area contributed by atoms with Gasteiger partial charge in [-0.15, -0.1) is 0 Å². The Bertz CT molecular complexity index is 919. The van der Waals surface area contributed by atoms with Crippen molar-refractivity contribution in [3.63, 3.8) is 0 Å². The van der Waals surface area contributed by atoms with Crippen molar-refractivity contribution in [3.8, 4) is 11.5 Å². The maximum atomic E-state index is 12.8. The third kappa shape index (κ3) is 9.37. The molecule has 0 aliphatic heterocycles. The fraction of sp³-hybridized carbons (Fsp3) is 0.385. The molecule has 0 bridgehead atoms. The Morgan fingerprint density at radius 3 is 2.18 bits per heavy atom. The summed E-state index contributed by atoms with van der Waals surface area (Å²) in [6, 6.07) is 14.0. The molecule has 0 aliphatic rings. The van der Waals surface area contributed by atoms with Crippen LogP contribution in [0.5, 0.6) is 11.5 Å². The molecule has 0 aliphatic carbocycles. The van der Waals surface area contributed by atoms with Crippen LogP contribution < -0.4 is 20.1 Å². The molecular formula is C26H34N2O5. The maximum Gasteiger partial charge on any atom is 0.267 e. The van der Waals surface area contributed by atoms with E-state index in [1.54, 1.807) is 30.3 Å². The number of aliphatic hydroxyl groups is 1. The summed E-state index contributed by atoms with van der Waals surface area (Å²) in [5.74, 6) is 0.960. The normalized spacial score (nSPS) is 11.4. The third-order valence-electron chi connectivity index (χ3n) is 4.38. The van der Waals surface area contributed by atoms with Gasteiger partial charge >= 0.3 is 0 Å². The van der Waals surface area contributed by atoms with Crippen LogP contribution in [0.15, 0.2) is 54.2 Å². The first kappa shape index (κ1) is 25.9. The molecular weight excluding hydrogens is 420 g/mol. The zero-order valence-electron chi connectivity index (χ0n) is 19.8. The summed E-state index contributed by atoms with van der Waals surface area (Å²) in [5.41, 5.74) is 1.24. The van der Waals surface area contributed by atoms with E-state index in [-0.39, 0.29) is 18.4 Å². The van der Waals surface area contributed by atoms with Crippen molar-refractivity contribution in [1.29, 1.82) is 0 Å². The number of hydrogen-bond donors (Lipinski definition) is 3. The van der Waals surface area contributed by atoms with Crippen LogP contribution in [0.1, 0.15) is 50.0 Å². The molecule has 0 heterocycles. The van der Waals surface area contributed by atoms with Crippen molar-refractivity contribution < 1.29 is 24.2 Å². The average molecular weight is 455 g/mol. The van der Waals surface area contributed by atoms with E-state index in [9.17, 15) is 9.59 Å². The molecule has 0 spiro atoms. The Balaban J connectivity index is 2.16. The molecule has 0 saturated heterocycles. The van der Waals surface area contributed by atoms with Gasteiger partial charge in [-0.2, -0.15) is 0 Å². The summed E-state index contributed by atoms with van der Waals surface area (Å²) < 4.78 is 11.3. The van der Waals surface area contributed by atoms with E-state index in [0.29, 0.717) is 36.8 Å². The molecule has 33 heavy (non-hydrogen) atoms. The standard InChI is InChI=1S/C26H34N2O5/c1-18(2)17-32-22-12-8-21(9-13-22)25(30)28-24(26(31)27-14-5-15-29)16-20-6-10-23(11-7-20)33-19(3)4/h6-13,16,18-19,29H,5,14-15,17H2,1-4H3,(H,27,31)(H,28,30). The van der Waals surface area contributed by atoms with Crippen molar-refractivity contribution in [2.45, 2.75) is 40.2 Å². The number of amides is 2. The minimum atomic E-state index is -0.434. The van der Waals surface area contributed by atoms with E-state index in [1.807, 2.05) is 38.1 Å². The number of ether oxygens (including phenoxy) is 2. The van der Waals surface area contributed by atoms with Gasteiger partial charge in [-0.3, -0.25) is 9.59 Å². The van der Waals surface area contributed by atoms with Crippen LogP contribution in [0, 0.1) is 5.92 Å². The lowest BCUT2D eigenvalue weighted by atomic mass is 10.1. The molecule has 3 N–H and O–H groups in total. The van der Waals surface area contributed by atoms with E-state index in [2.05, 4.69) is 24.5 Å². The third-order valence-corrected chi connectivity index (χ3v) is 4.38. The zero-order valence-corrected chi connectivity index (χ0v) is 19.8. The van der Waals surface area contributed by atoms with E-state index >= 15 is 0 Å². The fourth-order valence-electron chi connectivity index (χ4n) is 2.78. The Hall–Kier alpha value is -3.32. The second-order valence-corrected chi connectivity index (χ2v) is 8.31. The summed E-state index contributed by atoms with van der Waals surface area (Å²) in [7, 11) is 0. The predicted octanol–water partition coefficient (Wildman–Crippen LogP) is 3.78. The van der Waals surface area contributed by atoms with E-state index in [1.165, 1.54) is 0 Å². The molecule has 2 aromatic carbocycles. The Morgan fingerprint density at radius 2 is 1.61 bits per heavy atom. The van der Waals surface area contributed by atoms with Crippen molar-refractivity contribution in [2.24, 2.45) is 5.92 Å². The molecule has 2 rings (SSSR count). The van der Waals surface area contributed by atoms with Crippen molar-refractivity contribution in [3.05, 3.63) is 65.4 Å². The molecule has 0 radical (unpaired) electrons. The van der Waals surface area contributed by atoms with Crippen LogP contribution >= 0.6 is 0 Å². The summed E-state index contributed by atoms with van der Waals surface area (Å²) in [6.07, 6.45) is 2.08. The van der Waals surface area contributed by atoms with Crippen molar-refractivity contribution in [1.82, 2.24) is 10.6 Å². The topological polar surface area (TPSA) is 96.9 Å². The first-order chi connectivity index (χ1) is 15.8. The number of carbonyl (C=O) groups excluding carboxylic acids is 2. The maximum absolute atomic E-state index is 12.8. The molecule has 2 aromatic rings. The van der Waals surface area contributed by atoms with Gasteiger partial charge in [0.05, 0.1) is 12.7 Å². The molecule has 0 aromatic heterocycles. The number of aliphatic hydroxyl groups excluding tert-OH is 1. The Kier molecular flexibility index (Phi) is 10.4. The highest BCUT2D eigenvalue weighted by molar-refractivity contribution is 6.05. The SMILES string of the molecule is CC(C)COc1ccc(C(=O)NC(=Cc2ccc(OC(C)C)cc2)C(=O)NCCCO)cc1. The van der Waals surface area contributed by atoms with Gasteiger partial charge in [0, 0.05) is 18.7 Å². The van der Waals surface area contributed by atoms with Crippen molar-refractivity contribution >= 4 is 17.9 Å². The number of hydrogen-bond acceptors (Lipinski definition) is 5. The number of nitrogens with one attached hydrogen (secondary N) is 2. The molecule has 0 unspecified atom stereocenters. The number of benzene rings is 2. The summed E-state index contributed by atoms with van der Waals surface area (Å²) in [5, 5.41) is 14.4. The molecule has 0 fully saturated rings. The number of rotatable bonds is 12. The first-order valence-corrected chi connectivity index (χ1v) is 11.2. The zero-order chi connectivity index (χ0) is 24.2. The lowest BCUT2D eigenvalue weighted by Gasteiger charge is -2.13. The molecule has 7 nitrogen and oxygen atoms in total. The van der Waals surface area contributed by atoms with E-state index < -0.39 is 11.8 Å². The van der Waals surface area contributed by atoms with Gasteiger partial charge in [-0.1, -0.05) is 26.0 Å². The van der Waals surface area contributed by atoms with Gasteiger partial charge in [-0.05, 0) is 74.2 Å². The van der Waals surface area contributed by atoms with E-state index in [4.69, 9.17) is 14.6 Å². The molecule has 178 valence electrons. The Morgan fingerprint density at radius 1 is 0.970 bits per heavy atom. The molecule has 0 saturated carbocycles. The fourth-order valence-corrected chi connectivity index (χ4v) is 2.78. The van der Waals surface area contributed by atoms with Gasteiger partial charge < -0.3 is 25.2 Å². The van der Waals surface area contributed by atoms with Gasteiger partial charge in [-0.25, -0.2) is 0 Å². The highest BCUT2D eigenvalue weighted by Crippen LogP contribution is 2.17. The average Bonchev–Trinajstić information content (AvgIpc) is 2.78. The van der Waals surface area contributed by atoms with Gasteiger partial charge in [0.1, 0.15) is 17.2 Å². The van der Waals surface area contributed by atoms with Gasteiger partial charge in [0.25, 0.3) is 11.8 Å². The summed E-state index contributed by atoms with van der Waals surface area (Å²) in [4.78, 5) is 25.5. The quantitative estimate of drug-likeness (QED) is 0.335. The second-order valence-electron chi connectivity index (χ2n) is 8.31. The number of carbonyl (C=O) groups is 2. The smallest absolute Gasteiger partial charge is 0.267 e. The van der Waals surface area contributed by atoms with E-state index in [0.717, 1.165) is 11.3 Å². The lowest BCUT2D eigenvalue weighted by Crippen LogP contribution is -2.35. The monoisotopic (exact) mass is 454 g/mol. The minimum Gasteiger partial charge on any atom is -0.493 e. The Labute approximate surface area is 195 Å². The highest BCUT2D eigenvalue weighted by Gasteiger charge is 2.15. The summed E-state index contributed by atoms with van der Waals surface area (Å²) >= 11 is 0. The predicted molar refractivity (Wildman–Crippen MR) is 129 cm³/mol. The van der Waals surface area contributed by atoms with Crippen LogP contribution in [0.2, 0.25) is 0 Å². The van der Waals surface area contributed by atoms with Crippen LogP contribution in [0.4, 0.5) is 0 Å². The van der Waals surface area contributed by atoms with Crippen LogP contribution in [-0.2, 0) is 4.79 Å². The van der Waals surface area contributed by atoms with Crippen LogP contribution in [0.25, 0.3) is 6.08 Å². The van der Waals surface area contributed by atoms with Gasteiger partial charge in [0.15, 0.2) is 0 Å². The minimum absolute atomic E-state index is 0.0335. The van der Waals surface area contributed by atoms with Crippen molar-refractivity contribution in [2.75, 3.05) is 19.8 Å². The lowest BCUT2D eigenvalue weighted by molar-refractivity contribution is -0.117. The first-order valence-electron chi connectivity index (χ1n) is 11.2.